The van der Waals surface area contributed by atoms with E-state index in [0.717, 1.165) is 26.2 Å². The van der Waals surface area contributed by atoms with Gasteiger partial charge in [0.1, 0.15) is 0 Å². The van der Waals surface area contributed by atoms with Crippen LogP contribution < -0.4 is 0 Å². The quantitative estimate of drug-likeness (QED) is 0.410. The molecule has 0 aromatic rings. The topological polar surface area (TPSA) is 18.5 Å². The van der Waals surface area contributed by atoms with Crippen molar-refractivity contribution in [3.05, 3.63) is 0 Å². The second-order valence-electron chi connectivity index (χ2n) is 5.12. The summed E-state index contributed by atoms with van der Waals surface area (Å²) in [6.07, 6.45) is 11.4. The predicted molar refractivity (Wildman–Crippen MR) is 79.1 cm³/mol. The van der Waals surface area contributed by atoms with E-state index in [0.29, 0.717) is 6.10 Å². The zero-order valence-electron chi connectivity index (χ0n) is 12.9. The Balaban J connectivity index is 3.56. The first-order valence-corrected chi connectivity index (χ1v) is 8.04. The van der Waals surface area contributed by atoms with Gasteiger partial charge in [-0.1, -0.05) is 59.3 Å². The molecule has 0 spiro atoms. The molecule has 0 aromatic heterocycles. The minimum Gasteiger partial charge on any atom is -0.379 e. The van der Waals surface area contributed by atoms with Crippen molar-refractivity contribution in [1.29, 1.82) is 0 Å². The lowest BCUT2D eigenvalue weighted by Crippen LogP contribution is -2.21. The second-order valence-corrected chi connectivity index (χ2v) is 5.12. The second kappa shape index (κ2) is 15.0. The molecule has 0 radical (unpaired) electrons. The van der Waals surface area contributed by atoms with Crippen LogP contribution in [0.1, 0.15) is 78.6 Å². The molecule has 18 heavy (non-hydrogen) atoms. The Morgan fingerprint density at radius 1 is 0.722 bits per heavy atom. The van der Waals surface area contributed by atoms with Crippen molar-refractivity contribution in [1.82, 2.24) is 0 Å². The summed E-state index contributed by atoms with van der Waals surface area (Å²) < 4.78 is 11.7. The SMILES string of the molecule is CCCCCOCC(CCCC)OCCCCC. The largest absolute Gasteiger partial charge is 0.379 e. The van der Waals surface area contributed by atoms with Gasteiger partial charge >= 0.3 is 0 Å². The van der Waals surface area contributed by atoms with Crippen molar-refractivity contribution in [3.63, 3.8) is 0 Å². The smallest absolute Gasteiger partial charge is 0.0808 e. The minimum atomic E-state index is 0.323. The standard InChI is InChI=1S/C16H34O2/c1-4-7-10-13-17-15-16(12-9-6-3)18-14-11-8-5-2/h16H,4-15H2,1-3H3. The van der Waals surface area contributed by atoms with Crippen LogP contribution in [-0.2, 0) is 9.47 Å². The van der Waals surface area contributed by atoms with Gasteiger partial charge in [-0.25, -0.2) is 0 Å². The average molecular weight is 258 g/mol. The molecule has 0 N–H and O–H groups in total. The van der Waals surface area contributed by atoms with Gasteiger partial charge in [-0.3, -0.25) is 0 Å². The highest BCUT2D eigenvalue weighted by atomic mass is 16.5. The first-order chi connectivity index (χ1) is 8.85. The molecule has 0 saturated heterocycles. The van der Waals surface area contributed by atoms with E-state index in [1.165, 1.54) is 51.4 Å². The number of hydrogen-bond acceptors (Lipinski definition) is 2. The van der Waals surface area contributed by atoms with E-state index in [4.69, 9.17) is 9.47 Å². The van der Waals surface area contributed by atoms with Crippen LogP contribution in [0.25, 0.3) is 0 Å². The fraction of sp³-hybridized carbons (Fsp3) is 1.00. The number of hydrogen-bond donors (Lipinski definition) is 0. The first-order valence-electron chi connectivity index (χ1n) is 8.04. The first kappa shape index (κ1) is 17.9. The fourth-order valence-electron chi connectivity index (χ4n) is 1.92. The van der Waals surface area contributed by atoms with E-state index < -0.39 is 0 Å². The maximum atomic E-state index is 5.93. The Bertz CT molecular complexity index is 148. The summed E-state index contributed by atoms with van der Waals surface area (Å²) in [7, 11) is 0. The van der Waals surface area contributed by atoms with Crippen molar-refractivity contribution in [2.45, 2.75) is 84.7 Å². The molecule has 2 heteroatoms. The van der Waals surface area contributed by atoms with E-state index in [2.05, 4.69) is 20.8 Å². The zero-order valence-corrected chi connectivity index (χ0v) is 12.9. The maximum absolute atomic E-state index is 5.93. The Morgan fingerprint density at radius 3 is 1.94 bits per heavy atom. The molecule has 0 heterocycles. The average Bonchev–Trinajstić information content (AvgIpc) is 2.39. The molecular weight excluding hydrogens is 224 g/mol. The lowest BCUT2D eigenvalue weighted by molar-refractivity contribution is -0.0231. The van der Waals surface area contributed by atoms with Crippen molar-refractivity contribution in [2.75, 3.05) is 19.8 Å². The molecule has 1 unspecified atom stereocenters. The third-order valence-electron chi connectivity index (χ3n) is 3.18. The summed E-state index contributed by atoms with van der Waals surface area (Å²) in [6.45, 7) is 9.27. The van der Waals surface area contributed by atoms with E-state index >= 15 is 0 Å². The molecule has 1 atom stereocenters. The summed E-state index contributed by atoms with van der Waals surface area (Å²) >= 11 is 0. The number of ether oxygens (including phenoxy) is 2. The summed E-state index contributed by atoms with van der Waals surface area (Å²) in [5.41, 5.74) is 0. The van der Waals surface area contributed by atoms with Crippen molar-refractivity contribution in [3.8, 4) is 0 Å². The van der Waals surface area contributed by atoms with Crippen molar-refractivity contribution < 1.29 is 9.47 Å². The highest BCUT2D eigenvalue weighted by Gasteiger charge is 2.08. The highest BCUT2D eigenvalue weighted by Crippen LogP contribution is 2.08. The molecule has 0 bridgehead atoms. The van der Waals surface area contributed by atoms with Gasteiger partial charge in [-0.05, 0) is 19.3 Å². The minimum absolute atomic E-state index is 0.323. The van der Waals surface area contributed by atoms with E-state index in [-0.39, 0.29) is 0 Å². The highest BCUT2D eigenvalue weighted by molar-refractivity contribution is 4.57. The Hall–Kier alpha value is -0.0800. The van der Waals surface area contributed by atoms with Crippen LogP contribution in [-0.4, -0.2) is 25.9 Å². The lowest BCUT2D eigenvalue weighted by atomic mass is 10.1. The van der Waals surface area contributed by atoms with E-state index in [9.17, 15) is 0 Å². The molecule has 0 amide bonds. The van der Waals surface area contributed by atoms with Crippen molar-refractivity contribution in [2.24, 2.45) is 0 Å². The molecular formula is C16H34O2. The van der Waals surface area contributed by atoms with Gasteiger partial charge in [0.05, 0.1) is 12.7 Å². The zero-order chi connectivity index (χ0) is 13.5. The van der Waals surface area contributed by atoms with E-state index in [1.54, 1.807) is 0 Å². The maximum Gasteiger partial charge on any atom is 0.0808 e. The molecule has 0 aliphatic heterocycles. The van der Waals surface area contributed by atoms with Gasteiger partial charge in [-0.2, -0.15) is 0 Å². The Labute approximate surface area is 114 Å². The van der Waals surface area contributed by atoms with Crippen LogP contribution in [0, 0.1) is 0 Å². The summed E-state index contributed by atoms with van der Waals surface area (Å²) in [6, 6.07) is 0. The molecule has 2 nitrogen and oxygen atoms in total. The molecule has 0 saturated carbocycles. The van der Waals surface area contributed by atoms with Gasteiger partial charge in [0, 0.05) is 13.2 Å². The Morgan fingerprint density at radius 2 is 1.33 bits per heavy atom. The van der Waals surface area contributed by atoms with Gasteiger partial charge in [-0.15, -0.1) is 0 Å². The monoisotopic (exact) mass is 258 g/mol. The summed E-state index contributed by atoms with van der Waals surface area (Å²) in [5, 5.41) is 0. The molecule has 0 fully saturated rings. The normalized spacial score (nSPS) is 12.8. The van der Waals surface area contributed by atoms with Gasteiger partial charge < -0.3 is 9.47 Å². The van der Waals surface area contributed by atoms with Crippen LogP contribution in [0.3, 0.4) is 0 Å². The van der Waals surface area contributed by atoms with Crippen LogP contribution in [0.2, 0.25) is 0 Å². The predicted octanol–water partition coefficient (Wildman–Crippen LogP) is 4.96. The van der Waals surface area contributed by atoms with Gasteiger partial charge in [0.2, 0.25) is 0 Å². The molecule has 110 valence electrons. The fourth-order valence-corrected chi connectivity index (χ4v) is 1.92. The number of unbranched alkanes of at least 4 members (excludes halogenated alkanes) is 5. The van der Waals surface area contributed by atoms with Gasteiger partial charge in [0.15, 0.2) is 0 Å². The van der Waals surface area contributed by atoms with E-state index in [1.807, 2.05) is 0 Å². The Kier molecular flexibility index (Phi) is 14.9. The number of rotatable bonds is 14. The van der Waals surface area contributed by atoms with Gasteiger partial charge in [0.25, 0.3) is 0 Å². The molecule has 0 rings (SSSR count). The summed E-state index contributed by atoms with van der Waals surface area (Å²) in [5.74, 6) is 0. The van der Waals surface area contributed by atoms with Crippen LogP contribution in [0.15, 0.2) is 0 Å². The molecule has 0 aliphatic rings. The third-order valence-corrected chi connectivity index (χ3v) is 3.18. The lowest BCUT2D eigenvalue weighted by Gasteiger charge is -2.18. The molecule has 0 aromatic carbocycles. The summed E-state index contributed by atoms with van der Waals surface area (Å²) in [4.78, 5) is 0. The molecule has 0 aliphatic carbocycles. The van der Waals surface area contributed by atoms with Crippen LogP contribution >= 0.6 is 0 Å². The van der Waals surface area contributed by atoms with Crippen LogP contribution in [0.4, 0.5) is 0 Å². The van der Waals surface area contributed by atoms with Crippen LogP contribution in [0.5, 0.6) is 0 Å². The third kappa shape index (κ3) is 12.4. The van der Waals surface area contributed by atoms with Crippen molar-refractivity contribution >= 4 is 0 Å².